The Morgan fingerprint density at radius 2 is 2.18 bits per heavy atom. The van der Waals surface area contributed by atoms with E-state index < -0.39 is 0 Å². The van der Waals surface area contributed by atoms with E-state index in [0.29, 0.717) is 0 Å². The third-order valence-corrected chi connectivity index (χ3v) is 1.92. The molecule has 1 aromatic carbocycles. The van der Waals surface area contributed by atoms with E-state index in [9.17, 15) is 0 Å². The highest BCUT2D eigenvalue weighted by Crippen LogP contribution is 2.10. The Labute approximate surface area is 69.3 Å². The summed E-state index contributed by atoms with van der Waals surface area (Å²) in [5.41, 5.74) is 2.85. The van der Waals surface area contributed by atoms with E-state index in [0.717, 1.165) is 6.42 Å². The minimum Gasteiger partial charge on any atom is -0.0651 e. The van der Waals surface area contributed by atoms with Gasteiger partial charge in [-0.15, -0.1) is 0 Å². The SMILES string of the molecule is CCCc1[c]cccc1CC. The van der Waals surface area contributed by atoms with Crippen LogP contribution in [0.3, 0.4) is 0 Å². The van der Waals surface area contributed by atoms with E-state index in [1.54, 1.807) is 0 Å². The van der Waals surface area contributed by atoms with Crippen molar-refractivity contribution >= 4 is 0 Å². The van der Waals surface area contributed by atoms with Crippen LogP contribution in [-0.2, 0) is 12.8 Å². The fourth-order valence-corrected chi connectivity index (χ4v) is 1.32. The maximum atomic E-state index is 3.29. The molecule has 0 amide bonds. The van der Waals surface area contributed by atoms with Crippen molar-refractivity contribution in [2.75, 3.05) is 0 Å². The second-order valence-corrected chi connectivity index (χ2v) is 2.78. The van der Waals surface area contributed by atoms with Gasteiger partial charge in [0, 0.05) is 0 Å². The van der Waals surface area contributed by atoms with Crippen LogP contribution in [0.15, 0.2) is 18.2 Å². The van der Waals surface area contributed by atoms with Crippen LogP contribution in [0.1, 0.15) is 31.4 Å². The van der Waals surface area contributed by atoms with Crippen LogP contribution in [0.5, 0.6) is 0 Å². The molecule has 0 saturated carbocycles. The van der Waals surface area contributed by atoms with Gasteiger partial charge in [0.05, 0.1) is 0 Å². The van der Waals surface area contributed by atoms with Gasteiger partial charge in [-0.25, -0.2) is 0 Å². The Balaban J connectivity index is 2.83. The molecule has 0 N–H and O–H groups in total. The second-order valence-electron chi connectivity index (χ2n) is 2.78. The summed E-state index contributed by atoms with van der Waals surface area (Å²) in [7, 11) is 0. The highest BCUT2D eigenvalue weighted by Gasteiger charge is 1.96. The van der Waals surface area contributed by atoms with Crippen LogP contribution in [0.25, 0.3) is 0 Å². The van der Waals surface area contributed by atoms with Gasteiger partial charge in [0.1, 0.15) is 0 Å². The fourth-order valence-electron chi connectivity index (χ4n) is 1.32. The van der Waals surface area contributed by atoms with Crippen molar-refractivity contribution in [2.24, 2.45) is 0 Å². The molecule has 59 valence electrons. The number of hydrogen-bond acceptors (Lipinski definition) is 0. The molecule has 1 aromatic rings. The molecule has 0 saturated heterocycles. The molecule has 0 aliphatic carbocycles. The molecule has 0 bridgehead atoms. The molecule has 1 radical (unpaired) electrons. The Hall–Kier alpha value is -0.780. The van der Waals surface area contributed by atoms with E-state index >= 15 is 0 Å². The number of benzene rings is 1. The summed E-state index contributed by atoms with van der Waals surface area (Å²) in [6.07, 6.45) is 3.52. The van der Waals surface area contributed by atoms with E-state index in [2.05, 4.69) is 32.0 Å². The van der Waals surface area contributed by atoms with Crippen molar-refractivity contribution in [1.82, 2.24) is 0 Å². The molecule has 0 aliphatic heterocycles. The third-order valence-electron chi connectivity index (χ3n) is 1.92. The topological polar surface area (TPSA) is 0 Å². The summed E-state index contributed by atoms with van der Waals surface area (Å²) in [5, 5.41) is 0. The lowest BCUT2D eigenvalue weighted by molar-refractivity contribution is 0.898. The van der Waals surface area contributed by atoms with Crippen LogP contribution in [0, 0.1) is 6.07 Å². The van der Waals surface area contributed by atoms with Crippen molar-refractivity contribution in [1.29, 1.82) is 0 Å². The first kappa shape index (κ1) is 8.32. The van der Waals surface area contributed by atoms with E-state index in [1.807, 2.05) is 6.07 Å². The highest BCUT2D eigenvalue weighted by atomic mass is 14.0. The molecule has 0 spiro atoms. The van der Waals surface area contributed by atoms with Crippen molar-refractivity contribution in [3.8, 4) is 0 Å². The first-order chi connectivity index (χ1) is 5.38. The fraction of sp³-hybridized carbons (Fsp3) is 0.455. The molecule has 0 aliphatic rings. The van der Waals surface area contributed by atoms with Crippen LogP contribution in [-0.4, -0.2) is 0 Å². The van der Waals surface area contributed by atoms with Crippen molar-refractivity contribution in [3.63, 3.8) is 0 Å². The van der Waals surface area contributed by atoms with Gasteiger partial charge in [-0.3, -0.25) is 0 Å². The predicted molar refractivity (Wildman–Crippen MR) is 48.7 cm³/mol. The summed E-state index contributed by atoms with van der Waals surface area (Å²) in [6, 6.07) is 9.56. The van der Waals surface area contributed by atoms with Gasteiger partial charge in [0.15, 0.2) is 0 Å². The zero-order valence-corrected chi connectivity index (χ0v) is 7.35. The molecule has 0 atom stereocenters. The molecule has 1 rings (SSSR count). The lowest BCUT2D eigenvalue weighted by Crippen LogP contribution is -1.91. The van der Waals surface area contributed by atoms with Gasteiger partial charge in [-0.2, -0.15) is 0 Å². The van der Waals surface area contributed by atoms with Crippen LogP contribution in [0.2, 0.25) is 0 Å². The molecule has 0 heterocycles. The van der Waals surface area contributed by atoms with Gasteiger partial charge in [0.2, 0.25) is 0 Å². The molecule has 11 heavy (non-hydrogen) atoms. The van der Waals surface area contributed by atoms with E-state index in [4.69, 9.17) is 0 Å². The number of aryl methyl sites for hydroxylation is 2. The van der Waals surface area contributed by atoms with Gasteiger partial charge in [-0.05, 0) is 30.0 Å². The lowest BCUT2D eigenvalue weighted by atomic mass is 10.0. The van der Waals surface area contributed by atoms with Crippen LogP contribution in [0.4, 0.5) is 0 Å². The second kappa shape index (κ2) is 4.17. The number of hydrogen-bond donors (Lipinski definition) is 0. The summed E-state index contributed by atoms with van der Waals surface area (Å²) in [6.45, 7) is 4.41. The molecule has 0 fully saturated rings. The third kappa shape index (κ3) is 2.07. The Morgan fingerprint density at radius 3 is 2.82 bits per heavy atom. The van der Waals surface area contributed by atoms with E-state index in [1.165, 1.54) is 24.0 Å². The molecule has 0 unspecified atom stereocenters. The minimum atomic E-state index is 1.13. The van der Waals surface area contributed by atoms with Gasteiger partial charge >= 0.3 is 0 Å². The molecular weight excluding hydrogens is 132 g/mol. The molecular formula is C11H15. The van der Waals surface area contributed by atoms with Gasteiger partial charge in [0.25, 0.3) is 0 Å². The Kier molecular flexibility index (Phi) is 3.15. The first-order valence-corrected chi connectivity index (χ1v) is 4.37. The largest absolute Gasteiger partial charge is 0.0651 e. The average molecular weight is 147 g/mol. The average Bonchev–Trinajstić information content (AvgIpc) is 2.06. The molecule has 0 aromatic heterocycles. The van der Waals surface area contributed by atoms with Crippen molar-refractivity contribution in [3.05, 3.63) is 35.4 Å². The Morgan fingerprint density at radius 1 is 1.36 bits per heavy atom. The minimum absolute atomic E-state index is 1.13. The monoisotopic (exact) mass is 147 g/mol. The smallest absolute Gasteiger partial charge is 0.0146 e. The highest BCUT2D eigenvalue weighted by molar-refractivity contribution is 5.25. The van der Waals surface area contributed by atoms with Gasteiger partial charge in [-0.1, -0.05) is 38.5 Å². The lowest BCUT2D eigenvalue weighted by Gasteiger charge is -2.03. The van der Waals surface area contributed by atoms with Gasteiger partial charge < -0.3 is 0 Å². The standard InChI is InChI=1S/C11H15/c1-3-7-11-9-6-5-8-10(11)4-2/h5-6,8H,3-4,7H2,1-2H3. The zero-order chi connectivity index (χ0) is 8.10. The zero-order valence-electron chi connectivity index (χ0n) is 7.35. The molecule has 0 nitrogen and oxygen atoms in total. The van der Waals surface area contributed by atoms with E-state index in [-0.39, 0.29) is 0 Å². The molecule has 0 heteroatoms. The van der Waals surface area contributed by atoms with Crippen molar-refractivity contribution < 1.29 is 0 Å². The maximum Gasteiger partial charge on any atom is -0.0146 e. The number of rotatable bonds is 3. The summed E-state index contributed by atoms with van der Waals surface area (Å²) >= 11 is 0. The maximum absolute atomic E-state index is 3.29. The summed E-state index contributed by atoms with van der Waals surface area (Å²) < 4.78 is 0. The summed E-state index contributed by atoms with van der Waals surface area (Å²) in [4.78, 5) is 0. The summed E-state index contributed by atoms with van der Waals surface area (Å²) in [5.74, 6) is 0. The Bertz CT molecular complexity index is 213. The van der Waals surface area contributed by atoms with Crippen LogP contribution < -0.4 is 0 Å². The quantitative estimate of drug-likeness (QED) is 0.616. The van der Waals surface area contributed by atoms with Crippen LogP contribution >= 0.6 is 0 Å². The first-order valence-electron chi connectivity index (χ1n) is 4.37. The predicted octanol–water partition coefficient (Wildman–Crippen LogP) is 3.00. The van der Waals surface area contributed by atoms with Crippen molar-refractivity contribution in [2.45, 2.75) is 33.1 Å². The normalized spacial score (nSPS) is 10.0.